The number of aliphatic imine (C=N–C) groups is 1. The maximum absolute atomic E-state index is 12.5. The molecule has 98 valence electrons. The first kappa shape index (κ1) is 12.8. The fourth-order valence-electron chi connectivity index (χ4n) is 2.15. The lowest BCUT2D eigenvalue weighted by Crippen LogP contribution is -2.35. The number of amidine groups is 1. The van der Waals surface area contributed by atoms with Crippen molar-refractivity contribution in [2.75, 3.05) is 11.9 Å². The third-order valence-corrected chi connectivity index (χ3v) is 3.15. The van der Waals surface area contributed by atoms with E-state index in [9.17, 15) is 4.79 Å². The van der Waals surface area contributed by atoms with Crippen LogP contribution >= 0.6 is 0 Å². The number of rotatable bonds is 1. The Kier molecular flexibility index (Phi) is 3.00. The molecule has 0 bridgehead atoms. The van der Waals surface area contributed by atoms with Gasteiger partial charge >= 0.3 is 0 Å². The molecular formula is C13H20N4O. The number of nitrogens with zero attached hydrogens (tertiary/aromatic N) is 3. The lowest BCUT2D eigenvalue weighted by molar-refractivity contribution is 0.377. The number of hydrogen-bond donors (Lipinski definition) is 1. The molecule has 5 heteroatoms. The predicted molar refractivity (Wildman–Crippen MR) is 73.5 cm³/mol. The zero-order valence-corrected chi connectivity index (χ0v) is 11.6. The molecule has 1 aromatic rings. The highest BCUT2D eigenvalue weighted by molar-refractivity contribution is 6.05. The third-order valence-electron chi connectivity index (χ3n) is 3.15. The van der Waals surface area contributed by atoms with Crippen molar-refractivity contribution in [3.8, 4) is 0 Å². The van der Waals surface area contributed by atoms with Crippen LogP contribution in [0.4, 0.5) is 5.82 Å². The summed E-state index contributed by atoms with van der Waals surface area (Å²) >= 11 is 0. The molecular weight excluding hydrogens is 228 g/mol. The van der Waals surface area contributed by atoms with E-state index in [-0.39, 0.29) is 17.0 Å². The SMILES string of the molecule is CCN=C1Nc2ncn(C(C)(C)C)c(=O)c2C1C. The van der Waals surface area contributed by atoms with Crippen LogP contribution in [0.3, 0.4) is 0 Å². The highest BCUT2D eigenvalue weighted by atomic mass is 16.1. The molecule has 0 spiro atoms. The van der Waals surface area contributed by atoms with Gasteiger partial charge < -0.3 is 5.32 Å². The summed E-state index contributed by atoms with van der Waals surface area (Å²) in [7, 11) is 0. The molecule has 1 N–H and O–H groups in total. The topological polar surface area (TPSA) is 59.3 Å². The second-order valence-corrected chi connectivity index (χ2v) is 5.56. The van der Waals surface area contributed by atoms with Gasteiger partial charge in [-0.3, -0.25) is 14.4 Å². The van der Waals surface area contributed by atoms with Gasteiger partial charge in [0.2, 0.25) is 0 Å². The number of fused-ring (bicyclic) bond motifs is 1. The van der Waals surface area contributed by atoms with Crippen LogP contribution in [0.1, 0.15) is 46.1 Å². The molecule has 0 saturated heterocycles. The Labute approximate surface area is 107 Å². The zero-order valence-electron chi connectivity index (χ0n) is 11.6. The quantitative estimate of drug-likeness (QED) is 0.826. The van der Waals surface area contributed by atoms with Gasteiger partial charge in [0.15, 0.2) is 0 Å². The van der Waals surface area contributed by atoms with Crippen molar-refractivity contribution in [3.05, 3.63) is 22.2 Å². The minimum Gasteiger partial charge on any atom is -0.328 e. The fraction of sp³-hybridized carbons (Fsp3) is 0.615. The number of anilines is 1. The first-order chi connectivity index (χ1) is 8.36. The van der Waals surface area contributed by atoms with Crippen molar-refractivity contribution in [3.63, 3.8) is 0 Å². The van der Waals surface area contributed by atoms with Gasteiger partial charge in [0.1, 0.15) is 18.0 Å². The Balaban J connectivity index is 2.58. The molecule has 0 amide bonds. The molecule has 18 heavy (non-hydrogen) atoms. The molecule has 0 aromatic carbocycles. The summed E-state index contributed by atoms with van der Waals surface area (Å²) in [5, 5.41) is 3.13. The van der Waals surface area contributed by atoms with Crippen LogP contribution in [0.25, 0.3) is 0 Å². The summed E-state index contributed by atoms with van der Waals surface area (Å²) in [6.45, 7) is 10.7. The van der Waals surface area contributed by atoms with Crippen LogP contribution in [0.5, 0.6) is 0 Å². The van der Waals surface area contributed by atoms with Crippen molar-refractivity contribution >= 4 is 11.7 Å². The average molecular weight is 248 g/mol. The van der Waals surface area contributed by atoms with E-state index in [4.69, 9.17) is 0 Å². The molecule has 0 aliphatic carbocycles. The molecule has 2 rings (SSSR count). The summed E-state index contributed by atoms with van der Waals surface area (Å²) in [6, 6.07) is 0. The van der Waals surface area contributed by atoms with Crippen LogP contribution in [-0.2, 0) is 5.54 Å². The molecule has 0 saturated carbocycles. The lowest BCUT2D eigenvalue weighted by atomic mass is 10.0. The smallest absolute Gasteiger partial charge is 0.259 e. The third kappa shape index (κ3) is 1.94. The van der Waals surface area contributed by atoms with Gasteiger partial charge in [-0.05, 0) is 27.7 Å². The van der Waals surface area contributed by atoms with Crippen LogP contribution in [0.2, 0.25) is 0 Å². The number of hydrogen-bond acceptors (Lipinski definition) is 3. The van der Waals surface area contributed by atoms with Gasteiger partial charge in [-0.2, -0.15) is 0 Å². The van der Waals surface area contributed by atoms with E-state index in [1.807, 2.05) is 34.6 Å². The Bertz CT molecular complexity index is 551. The van der Waals surface area contributed by atoms with Gasteiger partial charge in [0.25, 0.3) is 5.56 Å². The molecule has 0 radical (unpaired) electrons. The Hall–Kier alpha value is -1.65. The van der Waals surface area contributed by atoms with E-state index < -0.39 is 0 Å². The minimum absolute atomic E-state index is 0.00486. The molecule has 1 atom stereocenters. The van der Waals surface area contributed by atoms with Gasteiger partial charge in [-0.25, -0.2) is 4.98 Å². The second-order valence-electron chi connectivity index (χ2n) is 5.56. The van der Waals surface area contributed by atoms with Gasteiger partial charge in [0.05, 0.1) is 5.56 Å². The second kappa shape index (κ2) is 4.23. The van der Waals surface area contributed by atoms with E-state index in [2.05, 4.69) is 15.3 Å². The first-order valence-electron chi connectivity index (χ1n) is 6.29. The molecule has 1 aliphatic heterocycles. The highest BCUT2D eigenvalue weighted by Crippen LogP contribution is 2.28. The van der Waals surface area contributed by atoms with Crippen LogP contribution in [0, 0.1) is 0 Å². The average Bonchev–Trinajstić information content (AvgIpc) is 2.56. The van der Waals surface area contributed by atoms with Crippen LogP contribution in [-0.4, -0.2) is 21.9 Å². The summed E-state index contributed by atoms with van der Waals surface area (Å²) < 4.78 is 1.68. The molecule has 1 aliphatic rings. The fourth-order valence-corrected chi connectivity index (χ4v) is 2.15. The largest absolute Gasteiger partial charge is 0.328 e. The monoisotopic (exact) mass is 248 g/mol. The van der Waals surface area contributed by atoms with Crippen molar-refractivity contribution < 1.29 is 0 Å². The van der Waals surface area contributed by atoms with Gasteiger partial charge in [-0.1, -0.05) is 6.92 Å². The van der Waals surface area contributed by atoms with Crippen LogP contribution < -0.4 is 10.9 Å². The molecule has 2 heterocycles. The standard InChI is InChI=1S/C13H20N4O/c1-6-14-10-8(2)9-11(16-10)15-7-17(12(9)18)13(3,4)5/h7-8H,6H2,1-5H3,(H,14,16). The maximum Gasteiger partial charge on any atom is 0.259 e. The van der Waals surface area contributed by atoms with E-state index in [1.165, 1.54) is 0 Å². The Morgan fingerprint density at radius 2 is 2.17 bits per heavy atom. The van der Waals surface area contributed by atoms with Crippen molar-refractivity contribution in [2.45, 2.75) is 46.1 Å². The van der Waals surface area contributed by atoms with Crippen molar-refractivity contribution in [1.29, 1.82) is 0 Å². The first-order valence-corrected chi connectivity index (χ1v) is 6.29. The van der Waals surface area contributed by atoms with E-state index >= 15 is 0 Å². The summed E-state index contributed by atoms with van der Waals surface area (Å²) in [6.07, 6.45) is 1.61. The van der Waals surface area contributed by atoms with Crippen LogP contribution in [0.15, 0.2) is 16.1 Å². The minimum atomic E-state index is -0.260. The summed E-state index contributed by atoms with van der Waals surface area (Å²) in [5.41, 5.74) is 0.483. The molecule has 0 fully saturated rings. The molecule has 5 nitrogen and oxygen atoms in total. The van der Waals surface area contributed by atoms with Crippen molar-refractivity contribution in [1.82, 2.24) is 9.55 Å². The molecule has 1 aromatic heterocycles. The zero-order chi connectivity index (χ0) is 13.5. The molecule has 1 unspecified atom stereocenters. The maximum atomic E-state index is 12.5. The number of nitrogens with one attached hydrogen (secondary N) is 1. The van der Waals surface area contributed by atoms with E-state index in [1.54, 1.807) is 10.9 Å². The van der Waals surface area contributed by atoms with Gasteiger partial charge in [-0.15, -0.1) is 0 Å². The summed E-state index contributed by atoms with van der Waals surface area (Å²) in [4.78, 5) is 21.2. The highest BCUT2D eigenvalue weighted by Gasteiger charge is 2.31. The van der Waals surface area contributed by atoms with Gasteiger partial charge in [0, 0.05) is 18.0 Å². The van der Waals surface area contributed by atoms with Crippen molar-refractivity contribution in [2.24, 2.45) is 4.99 Å². The summed E-state index contributed by atoms with van der Waals surface area (Å²) in [5.74, 6) is 1.48. The Morgan fingerprint density at radius 1 is 1.50 bits per heavy atom. The van der Waals surface area contributed by atoms with E-state index in [0.29, 0.717) is 12.4 Å². The lowest BCUT2D eigenvalue weighted by Gasteiger charge is -2.22. The number of aromatic nitrogens is 2. The normalized spacial score (nSPS) is 20.9. The van der Waals surface area contributed by atoms with E-state index in [0.717, 1.165) is 11.4 Å². The predicted octanol–water partition coefficient (Wildman–Crippen LogP) is 1.95. The Morgan fingerprint density at radius 3 is 2.72 bits per heavy atom.